The second-order valence-electron chi connectivity index (χ2n) is 20.3. The van der Waals surface area contributed by atoms with Crippen molar-refractivity contribution in [1.29, 1.82) is 0 Å². The Bertz CT molecular complexity index is 1140. The van der Waals surface area contributed by atoms with E-state index < -0.39 is 6.10 Å². The van der Waals surface area contributed by atoms with Gasteiger partial charge in [-0.25, -0.2) is 0 Å². The summed E-state index contributed by atoms with van der Waals surface area (Å²) >= 11 is 0. The van der Waals surface area contributed by atoms with E-state index in [2.05, 4.69) is 57.2 Å². The smallest absolute Gasteiger partial charge is 0.306 e. The Balaban J connectivity index is 3.85. The Labute approximate surface area is 423 Å². The van der Waals surface area contributed by atoms with Crippen molar-refractivity contribution in [3.63, 3.8) is 0 Å². The number of hydrogen-bond donors (Lipinski definition) is 0. The minimum Gasteiger partial charge on any atom is -0.462 e. The van der Waals surface area contributed by atoms with Gasteiger partial charge in [0.05, 0.1) is 0 Å². The van der Waals surface area contributed by atoms with E-state index in [0.717, 1.165) is 77.0 Å². The van der Waals surface area contributed by atoms with Gasteiger partial charge in [0.1, 0.15) is 13.2 Å². The van der Waals surface area contributed by atoms with Crippen molar-refractivity contribution in [2.75, 3.05) is 13.2 Å². The minimum absolute atomic E-state index is 0.0719. The van der Waals surface area contributed by atoms with E-state index in [-0.39, 0.29) is 31.1 Å². The monoisotopic (exact) mass is 955 g/mol. The predicted molar refractivity (Wildman–Crippen MR) is 293 cm³/mol. The van der Waals surface area contributed by atoms with Gasteiger partial charge in [-0.05, 0) is 77.0 Å². The maximum atomic E-state index is 12.7. The lowest BCUT2D eigenvalue weighted by Crippen LogP contribution is -2.30. The molecular weight excluding hydrogens is 841 g/mol. The summed E-state index contributed by atoms with van der Waals surface area (Å²) in [6, 6.07) is 0. The van der Waals surface area contributed by atoms with E-state index >= 15 is 0 Å². The molecule has 0 heterocycles. The molecule has 0 saturated carbocycles. The van der Waals surface area contributed by atoms with Crippen LogP contribution in [0, 0.1) is 0 Å². The van der Waals surface area contributed by atoms with E-state index in [1.165, 1.54) is 205 Å². The number of hydrogen-bond acceptors (Lipinski definition) is 6. The average Bonchev–Trinajstić information content (AvgIpc) is 3.34. The lowest BCUT2D eigenvalue weighted by atomic mass is 10.0. The van der Waals surface area contributed by atoms with Crippen LogP contribution in [-0.2, 0) is 28.6 Å². The summed E-state index contributed by atoms with van der Waals surface area (Å²) in [6.45, 7) is 6.54. The van der Waals surface area contributed by atoms with Crippen LogP contribution in [0.4, 0.5) is 0 Å². The van der Waals surface area contributed by atoms with Gasteiger partial charge in [-0.2, -0.15) is 0 Å². The van der Waals surface area contributed by atoms with Crippen molar-refractivity contribution < 1.29 is 28.6 Å². The maximum Gasteiger partial charge on any atom is 0.306 e. The van der Waals surface area contributed by atoms with Gasteiger partial charge in [0.25, 0.3) is 0 Å². The second kappa shape index (κ2) is 57.2. The Morgan fingerprint density at radius 1 is 0.294 bits per heavy atom. The van der Waals surface area contributed by atoms with Gasteiger partial charge in [-0.1, -0.05) is 263 Å². The fraction of sp³-hybridized carbons (Fsp3) is 0.855. The van der Waals surface area contributed by atoms with E-state index in [1.807, 2.05) is 0 Å². The Morgan fingerprint density at radius 3 is 0.853 bits per heavy atom. The molecule has 0 N–H and O–H groups in total. The maximum absolute atomic E-state index is 12.7. The number of esters is 3. The van der Waals surface area contributed by atoms with Gasteiger partial charge < -0.3 is 14.2 Å². The highest BCUT2D eigenvalue weighted by atomic mass is 16.6. The van der Waals surface area contributed by atoms with Gasteiger partial charge in [0, 0.05) is 19.3 Å². The first-order valence-corrected chi connectivity index (χ1v) is 30.0. The lowest BCUT2D eigenvalue weighted by Gasteiger charge is -2.18. The molecule has 6 heteroatoms. The van der Waals surface area contributed by atoms with Crippen LogP contribution in [0.1, 0.15) is 323 Å². The van der Waals surface area contributed by atoms with Crippen LogP contribution >= 0.6 is 0 Å². The minimum atomic E-state index is -0.768. The molecule has 0 aliphatic heterocycles. The molecule has 0 aliphatic carbocycles. The molecule has 0 spiro atoms. The normalized spacial score (nSPS) is 12.2. The number of allylic oxidation sites excluding steroid dienone is 6. The third-order valence-corrected chi connectivity index (χ3v) is 13.4. The van der Waals surface area contributed by atoms with Crippen LogP contribution in [0.25, 0.3) is 0 Å². The molecule has 0 aliphatic rings. The fourth-order valence-electron chi connectivity index (χ4n) is 8.82. The summed E-state index contributed by atoms with van der Waals surface area (Å²) in [5, 5.41) is 0. The predicted octanol–water partition coefficient (Wildman–Crippen LogP) is 20.0. The lowest BCUT2D eigenvalue weighted by molar-refractivity contribution is -0.167. The summed E-state index contributed by atoms with van der Waals surface area (Å²) in [7, 11) is 0. The van der Waals surface area contributed by atoms with Crippen LogP contribution in [0.5, 0.6) is 0 Å². The first-order valence-electron chi connectivity index (χ1n) is 30.0. The molecule has 0 aromatic carbocycles. The van der Waals surface area contributed by atoms with Crippen LogP contribution in [-0.4, -0.2) is 37.2 Å². The largest absolute Gasteiger partial charge is 0.462 e. The Kier molecular flexibility index (Phi) is 55.2. The van der Waals surface area contributed by atoms with Crippen LogP contribution in [0.15, 0.2) is 36.5 Å². The molecule has 0 aromatic rings. The number of carbonyl (C=O) groups excluding carboxylic acids is 3. The second-order valence-corrected chi connectivity index (χ2v) is 20.3. The van der Waals surface area contributed by atoms with Gasteiger partial charge >= 0.3 is 17.9 Å². The molecule has 0 aromatic heterocycles. The molecular formula is C62H114O6. The summed E-state index contributed by atoms with van der Waals surface area (Å²) in [5.41, 5.74) is 0. The molecule has 1 unspecified atom stereocenters. The SMILES string of the molecule is CCCCC/C=C\CCCCCCCC(=O)OC(COC(=O)CCCCCCC)COC(=O)CCCCCCCCCCCCCCCCCCCCCCC/C=C\C/C=C\CCCCCCC. The summed E-state index contributed by atoms with van der Waals surface area (Å²) in [4.78, 5) is 37.7. The molecule has 0 amide bonds. The van der Waals surface area contributed by atoms with Gasteiger partial charge in [0.15, 0.2) is 6.10 Å². The highest BCUT2D eigenvalue weighted by molar-refractivity contribution is 5.71. The highest BCUT2D eigenvalue weighted by Gasteiger charge is 2.19. The fourth-order valence-corrected chi connectivity index (χ4v) is 8.82. The summed E-state index contributed by atoms with van der Waals surface area (Å²) in [5.74, 6) is -0.882. The van der Waals surface area contributed by atoms with Gasteiger partial charge in [-0.15, -0.1) is 0 Å². The van der Waals surface area contributed by atoms with E-state index in [4.69, 9.17) is 14.2 Å². The van der Waals surface area contributed by atoms with Crippen molar-refractivity contribution in [3.8, 4) is 0 Å². The quantitative estimate of drug-likeness (QED) is 0.0262. The molecule has 398 valence electrons. The number of carbonyl (C=O) groups is 3. The molecule has 0 rings (SSSR count). The van der Waals surface area contributed by atoms with Gasteiger partial charge in [0.2, 0.25) is 0 Å². The summed E-state index contributed by atoms with van der Waals surface area (Å²) in [6.07, 6.45) is 69.3. The number of rotatable bonds is 55. The zero-order chi connectivity index (χ0) is 49.3. The zero-order valence-corrected chi connectivity index (χ0v) is 45.6. The van der Waals surface area contributed by atoms with E-state index in [9.17, 15) is 14.4 Å². The standard InChI is InChI=1S/C62H114O6/c1-4-7-10-13-15-17-19-21-22-23-24-25-26-27-28-29-30-31-32-33-34-35-36-37-38-39-40-41-43-44-46-49-52-55-61(64)67-58-59(57-66-60(63)54-51-48-12-9-6-3)68-62(65)56-53-50-47-45-42-20-18-16-14-11-8-5-2/h16,18-19,21,23-24,59H,4-15,17,20,22,25-58H2,1-3H3/b18-16-,21-19-,24-23-. The zero-order valence-electron chi connectivity index (χ0n) is 45.6. The summed E-state index contributed by atoms with van der Waals surface area (Å²) < 4.78 is 16.7. The highest BCUT2D eigenvalue weighted by Crippen LogP contribution is 2.17. The third kappa shape index (κ3) is 54.6. The van der Waals surface area contributed by atoms with Crippen molar-refractivity contribution >= 4 is 17.9 Å². The van der Waals surface area contributed by atoms with Crippen molar-refractivity contribution in [2.24, 2.45) is 0 Å². The Morgan fingerprint density at radius 2 is 0.529 bits per heavy atom. The van der Waals surface area contributed by atoms with E-state index in [0.29, 0.717) is 19.3 Å². The molecule has 0 saturated heterocycles. The Hall–Kier alpha value is -2.37. The van der Waals surface area contributed by atoms with Crippen molar-refractivity contribution in [1.82, 2.24) is 0 Å². The molecule has 0 radical (unpaired) electrons. The van der Waals surface area contributed by atoms with Crippen molar-refractivity contribution in [2.45, 2.75) is 329 Å². The molecule has 1 atom stereocenters. The number of ether oxygens (including phenoxy) is 3. The van der Waals surface area contributed by atoms with Crippen LogP contribution < -0.4 is 0 Å². The topological polar surface area (TPSA) is 78.9 Å². The third-order valence-electron chi connectivity index (χ3n) is 13.4. The molecule has 0 bridgehead atoms. The molecule has 6 nitrogen and oxygen atoms in total. The van der Waals surface area contributed by atoms with Crippen LogP contribution in [0.3, 0.4) is 0 Å². The van der Waals surface area contributed by atoms with Crippen molar-refractivity contribution in [3.05, 3.63) is 36.5 Å². The first kappa shape index (κ1) is 65.6. The van der Waals surface area contributed by atoms with Gasteiger partial charge in [-0.3, -0.25) is 14.4 Å². The molecule has 68 heavy (non-hydrogen) atoms. The first-order chi connectivity index (χ1) is 33.5. The van der Waals surface area contributed by atoms with E-state index in [1.54, 1.807) is 0 Å². The average molecular weight is 956 g/mol. The number of unbranched alkanes of at least 4 members (excludes halogenated alkanes) is 38. The molecule has 0 fully saturated rings. The van der Waals surface area contributed by atoms with Crippen LogP contribution in [0.2, 0.25) is 0 Å².